The molecule has 0 aromatic heterocycles. The maximum Gasteiger partial charge on any atom is 0.225 e. The Kier molecular flexibility index (Phi) is 3.54. The van der Waals surface area contributed by atoms with Crippen molar-refractivity contribution in [2.45, 2.75) is 31.1 Å². The van der Waals surface area contributed by atoms with Crippen molar-refractivity contribution in [1.29, 1.82) is 0 Å². The third-order valence-corrected chi connectivity index (χ3v) is 3.82. The molecule has 0 spiro atoms. The summed E-state index contributed by atoms with van der Waals surface area (Å²) < 4.78 is 3.23. The van der Waals surface area contributed by atoms with Crippen LogP contribution in [-0.2, 0) is 3.81 Å². The summed E-state index contributed by atoms with van der Waals surface area (Å²) >= 11 is 1.74. The molecule has 0 bridgehead atoms. The van der Waals surface area contributed by atoms with Crippen molar-refractivity contribution < 1.29 is 8.92 Å². The van der Waals surface area contributed by atoms with Gasteiger partial charge < -0.3 is 8.92 Å². The van der Waals surface area contributed by atoms with Gasteiger partial charge in [-0.15, -0.1) is 0 Å². The first-order valence-electron chi connectivity index (χ1n) is 5.41. The van der Waals surface area contributed by atoms with Crippen LogP contribution in [0.15, 0.2) is 23.1 Å². The molecule has 1 heterocycles. The highest BCUT2D eigenvalue weighted by Crippen LogP contribution is 2.33. The molecule has 0 amide bonds. The topological polar surface area (TPSA) is 22.9 Å². The van der Waals surface area contributed by atoms with Crippen molar-refractivity contribution >= 4 is 12.0 Å². The molecule has 1 aliphatic rings. The van der Waals surface area contributed by atoms with E-state index in [1.54, 1.807) is 18.1 Å². The van der Waals surface area contributed by atoms with Crippen molar-refractivity contribution in [1.82, 2.24) is 0 Å². The number of benzene rings is 1. The Morgan fingerprint density at radius 2 is 1.93 bits per heavy atom. The minimum atomic E-state index is 0.348. The lowest BCUT2D eigenvalue weighted by atomic mass is 10.2. The molecule has 0 unspecified atom stereocenters. The summed E-state index contributed by atoms with van der Waals surface area (Å²) in [5, 5.41) is 9.31. The van der Waals surface area contributed by atoms with E-state index in [0.717, 1.165) is 18.8 Å². The smallest absolute Gasteiger partial charge is 0.225 e. The van der Waals surface area contributed by atoms with Gasteiger partial charge >= 0.3 is 0 Å². The normalized spacial score (nSPS) is 17.9. The van der Waals surface area contributed by atoms with Gasteiger partial charge in [0, 0.05) is 12.8 Å². The van der Waals surface area contributed by atoms with Crippen LogP contribution in [0.5, 0.6) is 5.75 Å². The van der Waals surface area contributed by atoms with Gasteiger partial charge in [-0.05, 0) is 37.1 Å². The first kappa shape index (κ1) is 10.8. The molecule has 82 valence electrons. The number of phenols is 1. The minimum absolute atomic E-state index is 0.348. The predicted octanol–water partition coefficient (Wildman–Crippen LogP) is 3.44. The molecule has 15 heavy (non-hydrogen) atoms. The first-order valence-corrected chi connectivity index (χ1v) is 6.15. The zero-order valence-electron chi connectivity index (χ0n) is 9.03. The lowest BCUT2D eigenvalue weighted by Gasteiger charge is -2.20. The monoisotopic (exact) mass is 225 g/mol. The van der Waals surface area contributed by atoms with E-state index in [2.05, 4.69) is 3.81 Å². The first-order chi connectivity index (χ1) is 7.25. The summed E-state index contributed by atoms with van der Waals surface area (Å²) in [4.78, 5) is 1.22. The molecule has 1 fully saturated rings. The van der Waals surface area contributed by atoms with Gasteiger partial charge in [0.2, 0.25) is 12.0 Å². The molecular formula is C12H17O2S+. The average molecular weight is 225 g/mol. The fourth-order valence-corrected chi connectivity index (χ4v) is 2.71. The molecule has 2 nitrogen and oxygen atoms in total. The van der Waals surface area contributed by atoms with Crippen LogP contribution in [0.4, 0.5) is 0 Å². The molecule has 1 aliphatic heterocycles. The number of hydrogen-bond donors (Lipinski definition) is 1. The largest absolute Gasteiger partial charge is 0.508 e. The molecule has 1 saturated heterocycles. The van der Waals surface area contributed by atoms with Gasteiger partial charge in [0.15, 0.2) is 13.2 Å². The highest BCUT2D eigenvalue weighted by atomic mass is 32.2. The van der Waals surface area contributed by atoms with Crippen molar-refractivity contribution in [3.63, 3.8) is 0 Å². The van der Waals surface area contributed by atoms with Gasteiger partial charge in [0.1, 0.15) is 5.75 Å². The third-order valence-electron chi connectivity index (χ3n) is 2.61. The molecule has 0 radical (unpaired) electrons. The zero-order valence-corrected chi connectivity index (χ0v) is 9.85. The molecule has 0 atom stereocenters. The van der Waals surface area contributed by atoms with E-state index in [4.69, 9.17) is 0 Å². The van der Waals surface area contributed by atoms with Gasteiger partial charge in [-0.25, -0.2) is 0 Å². The van der Waals surface area contributed by atoms with Crippen LogP contribution in [0, 0.1) is 6.92 Å². The SMILES string of the molecule is Cc1cc(O)ccc1S[O+]1CCCCC1. The second kappa shape index (κ2) is 4.90. The molecular weight excluding hydrogens is 208 g/mol. The lowest BCUT2D eigenvalue weighted by molar-refractivity contribution is 0.0139. The van der Waals surface area contributed by atoms with Crippen LogP contribution in [-0.4, -0.2) is 18.3 Å². The summed E-state index contributed by atoms with van der Waals surface area (Å²) in [7, 11) is 0. The fourth-order valence-electron chi connectivity index (χ4n) is 1.74. The molecule has 0 aliphatic carbocycles. The van der Waals surface area contributed by atoms with Crippen molar-refractivity contribution in [3.05, 3.63) is 23.8 Å². The Balaban J connectivity index is 2.03. The molecule has 2 rings (SSSR count). The number of phenolic OH excluding ortho intramolecular Hbond substituents is 1. The van der Waals surface area contributed by atoms with Gasteiger partial charge in [0.25, 0.3) is 0 Å². The van der Waals surface area contributed by atoms with Gasteiger partial charge in [0.05, 0.1) is 4.90 Å². The van der Waals surface area contributed by atoms with E-state index in [9.17, 15) is 5.11 Å². The highest BCUT2D eigenvalue weighted by molar-refractivity contribution is 7.95. The second-order valence-electron chi connectivity index (χ2n) is 3.94. The average Bonchev–Trinajstić information content (AvgIpc) is 2.24. The summed E-state index contributed by atoms with van der Waals surface area (Å²) in [6.07, 6.45) is 3.89. The van der Waals surface area contributed by atoms with Crippen LogP contribution in [0.25, 0.3) is 0 Å². The Morgan fingerprint density at radius 1 is 1.20 bits per heavy atom. The summed E-state index contributed by atoms with van der Waals surface area (Å²) in [5.74, 6) is 0.348. The fraction of sp³-hybridized carbons (Fsp3) is 0.500. The van der Waals surface area contributed by atoms with Crippen LogP contribution in [0.3, 0.4) is 0 Å². The van der Waals surface area contributed by atoms with Crippen LogP contribution in [0.2, 0.25) is 0 Å². The van der Waals surface area contributed by atoms with Gasteiger partial charge in [-0.2, -0.15) is 0 Å². The van der Waals surface area contributed by atoms with Crippen molar-refractivity contribution in [3.8, 4) is 5.75 Å². The Labute approximate surface area is 95.2 Å². The summed E-state index contributed by atoms with van der Waals surface area (Å²) in [6, 6.07) is 5.55. The zero-order chi connectivity index (χ0) is 10.7. The van der Waals surface area contributed by atoms with E-state index >= 15 is 0 Å². The molecule has 1 aromatic rings. The van der Waals surface area contributed by atoms with Gasteiger partial charge in [-0.3, -0.25) is 0 Å². The van der Waals surface area contributed by atoms with Crippen LogP contribution >= 0.6 is 12.0 Å². The second-order valence-corrected chi connectivity index (χ2v) is 5.02. The van der Waals surface area contributed by atoms with Gasteiger partial charge in [-0.1, -0.05) is 0 Å². The van der Waals surface area contributed by atoms with Crippen LogP contribution < -0.4 is 0 Å². The standard InChI is InChI=1S/C12H16O2S/c1-10-9-11(13)5-6-12(10)15-14-7-3-2-4-8-14/h5-6,9H,2-4,7-8H2,1H3/p+1. The van der Waals surface area contributed by atoms with E-state index in [1.807, 2.05) is 19.1 Å². The summed E-state index contributed by atoms with van der Waals surface area (Å²) in [5.41, 5.74) is 1.14. The van der Waals surface area contributed by atoms with E-state index in [-0.39, 0.29) is 0 Å². The van der Waals surface area contributed by atoms with Crippen molar-refractivity contribution in [2.24, 2.45) is 0 Å². The van der Waals surface area contributed by atoms with E-state index in [0.29, 0.717) is 5.75 Å². The molecule has 1 aromatic carbocycles. The van der Waals surface area contributed by atoms with Crippen molar-refractivity contribution in [2.75, 3.05) is 13.2 Å². The van der Waals surface area contributed by atoms with Crippen LogP contribution in [0.1, 0.15) is 24.8 Å². The Bertz CT molecular complexity index is 332. The Hall–Kier alpha value is -0.670. The number of aryl methyl sites for hydroxylation is 1. The number of hydrogen-bond acceptors (Lipinski definition) is 2. The Morgan fingerprint density at radius 3 is 2.60 bits per heavy atom. The predicted molar refractivity (Wildman–Crippen MR) is 63.4 cm³/mol. The number of aromatic hydroxyl groups is 1. The number of rotatable bonds is 2. The van der Waals surface area contributed by atoms with E-state index in [1.165, 1.54) is 24.2 Å². The quantitative estimate of drug-likeness (QED) is 0.615. The molecule has 1 N–H and O–H groups in total. The van der Waals surface area contributed by atoms with E-state index < -0.39 is 0 Å². The molecule has 3 heteroatoms. The third kappa shape index (κ3) is 2.89. The lowest BCUT2D eigenvalue weighted by Crippen LogP contribution is -2.15. The maximum absolute atomic E-state index is 9.31. The summed E-state index contributed by atoms with van der Waals surface area (Å²) in [6.45, 7) is 4.24. The maximum atomic E-state index is 9.31. The highest BCUT2D eigenvalue weighted by Gasteiger charge is 2.19. The minimum Gasteiger partial charge on any atom is -0.508 e. The molecule has 0 saturated carbocycles.